The summed E-state index contributed by atoms with van der Waals surface area (Å²) in [6, 6.07) is 7.26. The molecule has 0 aliphatic rings. The average Bonchev–Trinajstić information content (AvgIpc) is 3.00. The summed E-state index contributed by atoms with van der Waals surface area (Å²) in [5.41, 5.74) is 1.09. The second-order valence-corrected chi connectivity index (χ2v) is 7.40. The van der Waals surface area contributed by atoms with E-state index in [1.54, 1.807) is 11.3 Å². The van der Waals surface area contributed by atoms with Gasteiger partial charge in [-0.1, -0.05) is 12.1 Å². The van der Waals surface area contributed by atoms with Gasteiger partial charge in [-0.3, -0.25) is 0 Å². The monoisotopic (exact) mass is 343 g/mol. The Bertz CT molecular complexity index is 687. The Morgan fingerprint density at radius 2 is 2.00 bits per heavy atom. The predicted octanol–water partition coefficient (Wildman–Crippen LogP) is 2.72. The topological polar surface area (TPSA) is 66.4 Å². The first-order chi connectivity index (χ1) is 10.5. The number of aliphatic hydroxyl groups is 1. The third-order valence-corrected chi connectivity index (χ3v) is 5.60. The van der Waals surface area contributed by atoms with Gasteiger partial charge in [-0.2, -0.15) is 11.3 Å². The molecular formula is C15H18FNO3S2. The summed E-state index contributed by atoms with van der Waals surface area (Å²) in [6.07, 6.45) is 1.11. The lowest BCUT2D eigenvalue weighted by atomic mass is 9.95. The van der Waals surface area contributed by atoms with Crippen LogP contribution in [0.15, 0.2) is 46.0 Å². The highest BCUT2D eigenvalue weighted by Crippen LogP contribution is 2.25. The van der Waals surface area contributed by atoms with Crippen molar-refractivity contribution in [2.24, 2.45) is 0 Å². The number of aliphatic hydroxyl groups excluding tert-OH is 1. The smallest absolute Gasteiger partial charge is 0.243 e. The van der Waals surface area contributed by atoms with Crippen molar-refractivity contribution < 1.29 is 17.9 Å². The first-order valence-electron chi connectivity index (χ1n) is 6.91. The van der Waals surface area contributed by atoms with Gasteiger partial charge in [0, 0.05) is 13.2 Å². The van der Waals surface area contributed by atoms with Crippen molar-refractivity contribution in [3.8, 4) is 0 Å². The van der Waals surface area contributed by atoms with Crippen LogP contribution < -0.4 is 4.72 Å². The molecule has 120 valence electrons. The van der Waals surface area contributed by atoms with Crippen LogP contribution in [0.3, 0.4) is 0 Å². The largest absolute Gasteiger partial charge is 0.396 e. The van der Waals surface area contributed by atoms with Crippen LogP contribution in [0.25, 0.3) is 0 Å². The van der Waals surface area contributed by atoms with Gasteiger partial charge in [-0.05, 0) is 53.3 Å². The van der Waals surface area contributed by atoms with Gasteiger partial charge in [0.25, 0.3) is 0 Å². The van der Waals surface area contributed by atoms with Gasteiger partial charge in [-0.15, -0.1) is 0 Å². The lowest BCUT2D eigenvalue weighted by molar-refractivity contribution is 0.273. The van der Waals surface area contributed by atoms with E-state index in [1.807, 2.05) is 16.8 Å². The lowest BCUT2D eigenvalue weighted by Gasteiger charge is -2.15. The van der Waals surface area contributed by atoms with Gasteiger partial charge in [0.1, 0.15) is 10.7 Å². The first-order valence-corrected chi connectivity index (χ1v) is 9.34. The van der Waals surface area contributed by atoms with Crippen molar-refractivity contribution in [3.63, 3.8) is 0 Å². The highest BCUT2D eigenvalue weighted by molar-refractivity contribution is 7.89. The molecule has 0 spiro atoms. The molecule has 0 unspecified atom stereocenters. The number of hydrogen-bond donors (Lipinski definition) is 2. The van der Waals surface area contributed by atoms with Crippen molar-refractivity contribution >= 4 is 21.4 Å². The predicted molar refractivity (Wildman–Crippen MR) is 85.0 cm³/mol. The van der Waals surface area contributed by atoms with E-state index in [-0.39, 0.29) is 24.0 Å². The fourth-order valence-electron chi connectivity index (χ4n) is 2.25. The number of benzene rings is 1. The Balaban J connectivity index is 1.98. The molecule has 22 heavy (non-hydrogen) atoms. The van der Waals surface area contributed by atoms with E-state index in [1.165, 1.54) is 18.2 Å². The van der Waals surface area contributed by atoms with Gasteiger partial charge in [0.05, 0.1) is 0 Å². The molecule has 7 heteroatoms. The van der Waals surface area contributed by atoms with E-state index in [2.05, 4.69) is 4.72 Å². The van der Waals surface area contributed by atoms with Crippen LogP contribution in [0, 0.1) is 5.82 Å². The van der Waals surface area contributed by atoms with Crippen LogP contribution in [0.1, 0.15) is 24.3 Å². The molecule has 2 rings (SSSR count). The van der Waals surface area contributed by atoms with E-state index in [9.17, 15) is 12.8 Å². The molecular weight excluding hydrogens is 325 g/mol. The molecule has 2 N–H and O–H groups in total. The summed E-state index contributed by atoms with van der Waals surface area (Å²) >= 11 is 1.56. The molecule has 2 aromatic rings. The Hall–Kier alpha value is -1.28. The van der Waals surface area contributed by atoms with Crippen LogP contribution in [0.5, 0.6) is 0 Å². The highest BCUT2D eigenvalue weighted by atomic mass is 32.2. The number of sulfonamides is 1. The molecule has 0 saturated heterocycles. The van der Waals surface area contributed by atoms with E-state index >= 15 is 0 Å². The van der Waals surface area contributed by atoms with Crippen molar-refractivity contribution in [2.45, 2.75) is 23.7 Å². The number of hydrogen-bond acceptors (Lipinski definition) is 4. The molecule has 1 aromatic carbocycles. The number of nitrogens with one attached hydrogen (secondary N) is 1. The van der Waals surface area contributed by atoms with E-state index in [0.717, 1.165) is 11.6 Å². The summed E-state index contributed by atoms with van der Waals surface area (Å²) in [7, 11) is -3.86. The molecule has 1 heterocycles. The standard InChI is InChI=1S/C15H18FNO3S2/c16-14-3-1-2-4-15(14)22(19,20)17-8-5-12(6-9-18)13-7-10-21-11-13/h1-4,7,10-12,17-18H,5-6,8-9H2/t12-/m0/s1. The zero-order valence-electron chi connectivity index (χ0n) is 11.9. The number of thiophene rings is 1. The zero-order valence-corrected chi connectivity index (χ0v) is 13.5. The maximum atomic E-state index is 13.6. The third-order valence-electron chi connectivity index (χ3n) is 3.40. The highest BCUT2D eigenvalue weighted by Gasteiger charge is 2.19. The molecule has 0 aliphatic carbocycles. The molecule has 0 radical (unpaired) electrons. The van der Waals surface area contributed by atoms with Gasteiger partial charge in [0.2, 0.25) is 10.0 Å². The molecule has 0 aliphatic heterocycles. The number of halogens is 1. The van der Waals surface area contributed by atoms with E-state index < -0.39 is 15.8 Å². The maximum Gasteiger partial charge on any atom is 0.243 e. The van der Waals surface area contributed by atoms with Crippen LogP contribution in [0.2, 0.25) is 0 Å². The van der Waals surface area contributed by atoms with Crippen molar-refractivity contribution in [2.75, 3.05) is 13.2 Å². The summed E-state index contributed by atoms with van der Waals surface area (Å²) in [6.45, 7) is 0.234. The van der Waals surface area contributed by atoms with Crippen LogP contribution in [-0.2, 0) is 10.0 Å². The van der Waals surface area contributed by atoms with Crippen LogP contribution in [0.4, 0.5) is 4.39 Å². The summed E-state index contributed by atoms with van der Waals surface area (Å²) in [5.74, 6) is -0.681. The van der Waals surface area contributed by atoms with Crippen LogP contribution >= 0.6 is 11.3 Å². The molecule has 1 atom stereocenters. The molecule has 1 aromatic heterocycles. The van der Waals surface area contributed by atoms with Gasteiger partial charge in [-0.25, -0.2) is 17.5 Å². The Kier molecular flexibility index (Phi) is 6.07. The summed E-state index contributed by atoms with van der Waals surface area (Å²) < 4.78 is 40.1. The Labute approximate surface area is 133 Å². The first kappa shape index (κ1) is 17.1. The second kappa shape index (κ2) is 7.82. The quantitative estimate of drug-likeness (QED) is 0.774. The van der Waals surface area contributed by atoms with Gasteiger partial charge >= 0.3 is 0 Å². The summed E-state index contributed by atoms with van der Waals surface area (Å²) in [5, 5.41) is 13.1. The molecule has 4 nitrogen and oxygen atoms in total. The zero-order chi connectivity index (χ0) is 16.0. The molecule has 0 saturated carbocycles. The third kappa shape index (κ3) is 4.36. The minimum Gasteiger partial charge on any atom is -0.396 e. The maximum absolute atomic E-state index is 13.6. The average molecular weight is 343 g/mol. The fourth-order valence-corrected chi connectivity index (χ4v) is 4.12. The fraction of sp³-hybridized carbons (Fsp3) is 0.333. The van der Waals surface area contributed by atoms with Gasteiger partial charge < -0.3 is 5.11 Å². The molecule has 0 fully saturated rings. The van der Waals surface area contributed by atoms with Crippen molar-refractivity contribution in [3.05, 3.63) is 52.5 Å². The second-order valence-electron chi connectivity index (χ2n) is 4.88. The van der Waals surface area contributed by atoms with E-state index in [4.69, 9.17) is 5.11 Å². The summed E-state index contributed by atoms with van der Waals surface area (Å²) in [4.78, 5) is -0.343. The Morgan fingerprint density at radius 1 is 1.23 bits per heavy atom. The minimum absolute atomic E-state index is 0.0422. The molecule has 0 bridgehead atoms. The SMILES string of the molecule is O=S(=O)(NCC[C@@H](CCO)c1ccsc1)c1ccccc1F. The normalized spacial score (nSPS) is 13.2. The number of rotatable bonds is 8. The van der Waals surface area contributed by atoms with Crippen molar-refractivity contribution in [1.29, 1.82) is 0 Å². The Morgan fingerprint density at radius 3 is 2.64 bits per heavy atom. The van der Waals surface area contributed by atoms with Crippen LogP contribution in [-0.4, -0.2) is 26.7 Å². The molecule has 0 amide bonds. The lowest BCUT2D eigenvalue weighted by Crippen LogP contribution is -2.26. The minimum atomic E-state index is -3.86. The van der Waals surface area contributed by atoms with Crippen molar-refractivity contribution in [1.82, 2.24) is 4.72 Å². The van der Waals surface area contributed by atoms with E-state index in [0.29, 0.717) is 12.8 Å². The van der Waals surface area contributed by atoms with Gasteiger partial charge in [0.15, 0.2) is 0 Å².